The van der Waals surface area contributed by atoms with Gasteiger partial charge in [0.15, 0.2) is 0 Å². The first kappa shape index (κ1) is 16.6. The van der Waals surface area contributed by atoms with Crippen LogP contribution in [0.4, 0.5) is 0 Å². The Morgan fingerprint density at radius 2 is 1.89 bits per heavy atom. The van der Waals surface area contributed by atoms with Crippen molar-refractivity contribution in [2.45, 2.75) is 37.8 Å². The zero-order valence-corrected chi connectivity index (χ0v) is 13.7. The zero-order chi connectivity index (χ0) is 14.5. The Morgan fingerprint density at radius 1 is 1.21 bits per heavy atom. The molecular formula is C13H24N2O2S2. The summed E-state index contributed by atoms with van der Waals surface area (Å²) in [7, 11) is -1.45. The summed E-state index contributed by atoms with van der Waals surface area (Å²) in [5.74, 6) is 0. The second-order valence-electron chi connectivity index (χ2n) is 5.78. The monoisotopic (exact) mass is 304 g/mol. The highest BCUT2D eigenvalue weighted by molar-refractivity contribution is 7.91. The topological polar surface area (TPSA) is 58.2 Å². The number of sulfonamides is 1. The fourth-order valence-electron chi connectivity index (χ4n) is 1.52. The van der Waals surface area contributed by atoms with Crippen molar-refractivity contribution < 1.29 is 8.42 Å². The Kier molecular flexibility index (Phi) is 5.98. The summed E-state index contributed by atoms with van der Waals surface area (Å²) in [4.78, 5) is 1.09. The van der Waals surface area contributed by atoms with Crippen molar-refractivity contribution in [1.82, 2.24) is 10.0 Å². The molecule has 0 radical (unpaired) electrons. The van der Waals surface area contributed by atoms with Crippen LogP contribution in [-0.4, -0.2) is 28.6 Å². The van der Waals surface area contributed by atoms with E-state index in [2.05, 4.69) is 30.8 Å². The Hall–Kier alpha value is -0.430. The van der Waals surface area contributed by atoms with Crippen LogP contribution in [0.15, 0.2) is 16.3 Å². The molecule has 1 aromatic heterocycles. The third-order valence-electron chi connectivity index (χ3n) is 2.69. The van der Waals surface area contributed by atoms with Crippen LogP contribution < -0.4 is 10.0 Å². The molecule has 0 spiro atoms. The van der Waals surface area contributed by atoms with E-state index in [1.165, 1.54) is 11.3 Å². The van der Waals surface area contributed by atoms with Gasteiger partial charge in [0.1, 0.15) is 4.21 Å². The molecule has 0 unspecified atom stereocenters. The fourth-order valence-corrected chi connectivity index (χ4v) is 3.95. The van der Waals surface area contributed by atoms with E-state index in [1.807, 2.05) is 13.1 Å². The largest absolute Gasteiger partial charge is 0.319 e. The minimum absolute atomic E-state index is 0.135. The molecule has 1 aromatic rings. The first-order valence-corrected chi connectivity index (χ1v) is 8.77. The van der Waals surface area contributed by atoms with Crippen LogP contribution in [0.25, 0.3) is 0 Å². The Bertz CT molecular complexity index is 487. The molecule has 110 valence electrons. The van der Waals surface area contributed by atoms with Crippen LogP contribution in [0, 0.1) is 5.41 Å². The molecule has 0 saturated heterocycles. The molecule has 2 N–H and O–H groups in total. The molecular weight excluding hydrogens is 280 g/mol. The van der Waals surface area contributed by atoms with Gasteiger partial charge in [-0.05, 0) is 44.0 Å². The molecule has 0 atom stereocenters. The standard InChI is InChI=1S/C13H24N2O2S2/c1-13(2,3)8-10-15-19(16,17)12-6-5-11(18-12)7-9-14-4/h5-6,14-15H,7-10H2,1-4H3. The van der Waals surface area contributed by atoms with Crippen LogP contribution in [0.5, 0.6) is 0 Å². The summed E-state index contributed by atoms with van der Waals surface area (Å²) in [5, 5.41) is 3.06. The molecule has 0 bridgehead atoms. The number of rotatable bonds is 7. The van der Waals surface area contributed by atoms with E-state index in [9.17, 15) is 8.42 Å². The van der Waals surface area contributed by atoms with Crippen molar-refractivity contribution >= 4 is 21.4 Å². The smallest absolute Gasteiger partial charge is 0.250 e. The van der Waals surface area contributed by atoms with Crippen molar-refractivity contribution in [3.8, 4) is 0 Å². The summed E-state index contributed by atoms with van der Waals surface area (Å²) >= 11 is 1.35. The molecule has 19 heavy (non-hydrogen) atoms. The van der Waals surface area contributed by atoms with Gasteiger partial charge in [-0.2, -0.15) is 0 Å². The summed E-state index contributed by atoms with van der Waals surface area (Å²) in [6.45, 7) is 7.64. The maximum atomic E-state index is 12.1. The van der Waals surface area contributed by atoms with E-state index >= 15 is 0 Å². The lowest BCUT2D eigenvalue weighted by Gasteiger charge is -2.17. The maximum Gasteiger partial charge on any atom is 0.250 e. The highest BCUT2D eigenvalue weighted by Gasteiger charge is 2.18. The fraction of sp³-hybridized carbons (Fsp3) is 0.692. The highest BCUT2D eigenvalue weighted by atomic mass is 32.2. The van der Waals surface area contributed by atoms with Crippen molar-refractivity contribution in [1.29, 1.82) is 0 Å². The summed E-state index contributed by atoms with van der Waals surface area (Å²) in [6.07, 6.45) is 1.68. The zero-order valence-electron chi connectivity index (χ0n) is 12.1. The molecule has 1 heterocycles. The summed E-state index contributed by atoms with van der Waals surface area (Å²) in [6, 6.07) is 3.58. The van der Waals surface area contributed by atoms with Gasteiger partial charge < -0.3 is 5.32 Å². The molecule has 0 fully saturated rings. The maximum absolute atomic E-state index is 12.1. The van der Waals surface area contributed by atoms with Gasteiger partial charge in [0.2, 0.25) is 10.0 Å². The predicted molar refractivity (Wildman–Crippen MR) is 81.2 cm³/mol. The van der Waals surface area contributed by atoms with Gasteiger partial charge in [-0.25, -0.2) is 13.1 Å². The molecule has 0 aromatic carbocycles. The van der Waals surface area contributed by atoms with Crippen LogP contribution in [0.3, 0.4) is 0 Å². The van der Waals surface area contributed by atoms with Crippen LogP contribution in [0.1, 0.15) is 32.1 Å². The molecule has 4 nitrogen and oxygen atoms in total. The molecule has 0 amide bonds. The normalized spacial score (nSPS) is 12.8. The first-order chi connectivity index (χ1) is 8.74. The number of thiophene rings is 1. The van der Waals surface area contributed by atoms with Gasteiger partial charge >= 0.3 is 0 Å². The van der Waals surface area contributed by atoms with Crippen LogP contribution >= 0.6 is 11.3 Å². The second-order valence-corrected chi connectivity index (χ2v) is 8.94. The third kappa shape index (κ3) is 6.03. The number of hydrogen-bond donors (Lipinski definition) is 2. The van der Waals surface area contributed by atoms with Gasteiger partial charge in [0.05, 0.1) is 0 Å². The average Bonchev–Trinajstić information content (AvgIpc) is 2.73. The third-order valence-corrected chi connectivity index (χ3v) is 5.79. The van der Waals surface area contributed by atoms with Crippen molar-refractivity contribution in [3.05, 3.63) is 17.0 Å². The van der Waals surface area contributed by atoms with E-state index in [1.54, 1.807) is 6.07 Å². The molecule has 0 saturated carbocycles. The first-order valence-electron chi connectivity index (χ1n) is 6.47. The lowest BCUT2D eigenvalue weighted by Crippen LogP contribution is -2.26. The average molecular weight is 304 g/mol. The lowest BCUT2D eigenvalue weighted by atomic mass is 9.93. The lowest BCUT2D eigenvalue weighted by molar-refractivity contribution is 0.378. The molecule has 0 aliphatic carbocycles. The van der Waals surface area contributed by atoms with E-state index in [-0.39, 0.29) is 5.41 Å². The van der Waals surface area contributed by atoms with E-state index < -0.39 is 10.0 Å². The summed E-state index contributed by atoms with van der Waals surface area (Å²) in [5.41, 5.74) is 0.135. The Labute approximate surface area is 120 Å². The van der Waals surface area contributed by atoms with Crippen LogP contribution in [-0.2, 0) is 16.4 Å². The van der Waals surface area contributed by atoms with Crippen molar-refractivity contribution in [3.63, 3.8) is 0 Å². The number of nitrogens with one attached hydrogen (secondary N) is 2. The Morgan fingerprint density at radius 3 is 2.47 bits per heavy atom. The van der Waals surface area contributed by atoms with Gasteiger partial charge in [-0.15, -0.1) is 11.3 Å². The molecule has 1 rings (SSSR count). The minimum atomic E-state index is -3.34. The van der Waals surface area contributed by atoms with E-state index in [0.29, 0.717) is 10.8 Å². The molecule has 0 aliphatic heterocycles. The van der Waals surface area contributed by atoms with E-state index in [4.69, 9.17) is 0 Å². The van der Waals surface area contributed by atoms with E-state index in [0.717, 1.165) is 24.3 Å². The summed E-state index contributed by atoms with van der Waals surface area (Å²) < 4.78 is 27.3. The van der Waals surface area contributed by atoms with Crippen molar-refractivity contribution in [2.75, 3.05) is 20.1 Å². The molecule has 0 aliphatic rings. The predicted octanol–water partition coefficient (Wildman–Crippen LogP) is 2.22. The SMILES string of the molecule is CNCCc1ccc(S(=O)(=O)NCCC(C)(C)C)s1. The highest BCUT2D eigenvalue weighted by Crippen LogP contribution is 2.22. The quantitative estimate of drug-likeness (QED) is 0.812. The molecule has 6 heteroatoms. The second kappa shape index (κ2) is 6.83. The van der Waals surface area contributed by atoms with Gasteiger partial charge in [0.25, 0.3) is 0 Å². The van der Waals surface area contributed by atoms with Crippen molar-refractivity contribution in [2.24, 2.45) is 5.41 Å². The van der Waals surface area contributed by atoms with Gasteiger partial charge in [-0.1, -0.05) is 20.8 Å². The number of likely N-dealkylation sites (N-methyl/N-ethyl adjacent to an activating group) is 1. The minimum Gasteiger partial charge on any atom is -0.319 e. The van der Waals surface area contributed by atoms with Gasteiger partial charge in [-0.3, -0.25) is 0 Å². The van der Waals surface area contributed by atoms with Gasteiger partial charge in [0, 0.05) is 11.4 Å². The number of hydrogen-bond acceptors (Lipinski definition) is 4. The van der Waals surface area contributed by atoms with Crippen LogP contribution in [0.2, 0.25) is 0 Å². The Balaban J connectivity index is 2.59.